The Morgan fingerprint density at radius 3 is 2.89 bits per heavy atom. The number of nitrogens with one attached hydrogen (secondary N) is 1. The molecule has 2 aromatic rings. The zero-order valence-electron chi connectivity index (χ0n) is 11.0. The fourth-order valence-corrected chi connectivity index (χ4v) is 2.62. The van der Waals surface area contributed by atoms with E-state index in [0.29, 0.717) is 17.4 Å². The zero-order chi connectivity index (χ0) is 13.7. The number of benzene rings is 1. The van der Waals surface area contributed by atoms with E-state index in [1.54, 1.807) is 18.4 Å². The second-order valence-electron chi connectivity index (χ2n) is 4.31. The minimum atomic E-state index is 0.305. The molecule has 0 aliphatic heterocycles. The number of nitriles is 1. The van der Waals surface area contributed by atoms with E-state index in [9.17, 15) is 0 Å². The molecule has 1 aromatic heterocycles. The lowest BCUT2D eigenvalue weighted by Crippen LogP contribution is -2.17. The van der Waals surface area contributed by atoms with Gasteiger partial charge in [0.05, 0.1) is 12.7 Å². The summed E-state index contributed by atoms with van der Waals surface area (Å²) in [5.74, 6) is 0.622. The van der Waals surface area contributed by atoms with Crippen LogP contribution in [0.25, 0.3) is 0 Å². The fourth-order valence-electron chi connectivity index (χ4n) is 1.86. The van der Waals surface area contributed by atoms with Crippen LogP contribution in [0.1, 0.15) is 29.7 Å². The van der Waals surface area contributed by atoms with Crippen LogP contribution in [0.5, 0.6) is 5.75 Å². The van der Waals surface area contributed by atoms with E-state index in [2.05, 4.69) is 35.1 Å². The van der Waals surface area contributed by atoms with Crippen LogP contribution in [0, 0.1) is 11.3 Å². The molecule has 0 amide bonds. The summed E-state index contributed by atoms with van der Waals surface area (Å²) in [5, 5.41) is 16.7. The number of rotatable bonds is 5. The summed E-state index contributed by atoms with van der Waals surface area (Å²) >= 11 is 1.70. The summed E-state index contributed by atoms with van der Waals surface area (Å²) in [6.45, 7) is 2.87. The van der Waals surface area contributed by atoms with Crippen molar-refractivity contribution in [2.24, 2.45) is 0 Å². The van der Waals surface area contributed by atoms with Gasteiger partial charge in [0, 0.05) is 12.6 Å². The number of thiophene rings is 1. The minimum Gasteiger partial charge on any atom is -0.495 e. The standard InChI is InChI=1S/C15H16N2OS/c1-11(13-5-6-19-10-13)17-9-12-3-4-15(18-2)14(7-12)8-16/h3-7,10-11,17H,9H2,1-2H3. The van der Waals surface area contributed by atoms with Crippen molar-refractivity contribution in [3.8, 4) is 11.8 Å². The first-order chi connectivity index (χ1) is 9.24. The van der Waals surface area contributed by atoms with Crippen LogP contribution in [0.2, 0.25) is 0 Å². The summed E-state index contributed by atoms with van der Waals surface area (Å²) in [4.78, 5) is 0. The summed E-state index contributed by atoms with van der Waals surface area (Å²) in [6.07, 6.45) is 0. The van der Waals surface area contributed by atoms with Gasteiger partial charge in [-0.3, -0.25) is 0 Å². The normalized spacial score (nSPS) is 11.8. The third-order valence-electron chi connectivity index (χ3n) is 3.04. The van der Waals surface area contributed by atoms with Gasteiger partial charge in [0.15, 0.2) is 0 Å². The number of hydrogen-bond donors (Lipinski definition) is 1. The van der Waals surface area contributed by atoms with Crippen LogP contribution in [0.3, 0.4) is 0 Å². The smallest absolute Gasteiger partial charge is 0.136 e. The molecule has 19 heavy (non-hydrogen) atoms. The molecule has 1 unspecified atom stereocenters. The largest absolute Gasteiger partial charge is 0.495 e. The Hall–Kier alpha value is -1.83. The van der Waals surface area contributed by atoms with Crippen LogP contribution in [0.4, 0.5) is 0 Å². The van der Waals surface area contributed by atoms with E-state index in [1.165, 1.54) is 5.56 Å². The molecule has 4 heteroatoms. The molecular weight excluding hydrogens is 256 g/mol. The van der Waals surface area contributed by atoms with Gasteiger partial charge in [-0.1, -0.05) is 6.07 Å². The summed E-state index contributed by atoms with van der Waals surface area (Å²) in [5.41, 5.74) is 2.95. The molecule has 1 atom stereocenters. The molecule has 0 saturated heterocycles. The van der Waals surface area contributed by atoms with Crippen LogP contribution in [-0.2, 0) is 6.54 Å². The highest BCUT2D eigenvalue weighted by atomic mass is 32.1. The van der Waals surface area contributed by atoms with E-state index in [0.717, 1.165) is 12.1 Å². The van der Waals surface area contributed by atoms with Crippen LogP contribution in [0.15, 0.2) is 35.0 Å². The van der Waals surface area contributed by atoms with Crippen molar-refractivity contribution < 1.29 is 4.74 Å². The number of nitrogens with zero attached hydrogens (tertiary/aromatic N) is 1. The van der Waals surface area contributed by atoms with Crippen molar-refractivity contribution >= 4 is 11.3 Å². The van der Waals surface area contributed by atoms with Gasteiger partial charge in [-0.25, -0.2) is 0 Å². The van der Waals surface area contributed by atoms with Gasteiger partial charge in [-0.15, -0.1) is 0 Å². The first-order valence-electron chi connectivity index (χ1n) is 6.07. The third-order valence-corrected chi connectivity index (χ3v) is 3.74. The molecule has 0 bridgehead atoms. The Morgan fingerprint density at radius 2 is 2.26 bits per heavy atom. The molecule has 1 aromatic carbocycles. The van der Waals surface area contributed by atoms with Crippen molar-refractivity contribution in [1.29, 1.82) is 5.26 Å². The van der Waals surface area contributed by atoms with Crippen LogP contribution >= 0.6 is 11.3 Å². The van der Waals surface area contributed by atoms with Gasteiger partial charge in [-0.2, -0.15) is 16.6 Å². The van der Waals surface area contributed by atoms with E-state index < -0.39 is 0 Å². The quantitative estimate of drug-likeness (QED) is 0.906. The van der Waals surface area contributed by atoms with Crippen molar-refractivity contribution in [1.82, 2.24) is 5.32 Å². The van der Waals surface area contributed by atoms with Gasteiger partial charge in [0.2, 0.25) is 0 Å². The van der Waals surface area contributed by atoms with Crippen molar-refractivity contribution in [2.45, 2.75) is 19.5 Å². The molecule has 1 N–H and O–H groups in total. The SMILES string of the molecule is COc1ccc(CNC(C)c2ccsc2)cc1C#N. The Labute approximate surface area is 117 Å². The summed E-state index contributed by atoms with van der Waals surface area (Å²) < 4.78 is 5.13. The molecule has 1 heterocycles. The van der Waals surface area contributed by atoms with Crippen LogP contribution in [-0.4, -0.2) is 7.11 Å². The summed E-state index contributed by atoms with van der Waals surface area (Å²) in [7, 11) is 1.58. The van der Waals surface area contributed by atoms with Gasteiger partial charge < -0.3 is 10.1 Å². The average Bonchev–Trinajstić information content (AvgIpc) is 2.98. The monoisotopic (exact) mass is 272 g/mol. The molecule has 0 aliphatic carbocycles. The predicted molar refractivity (Wildman–Crippen MR) is 77.3 cm³/mol. The molecule has 2 rings (SSSR count). The third kappa shape index (κ3) is 3.34. The van der Waals surface area contributed by atoms with Gasteiger partial charge in [0.25, 0.3) is 0 Å². The molecule has 0 spiro atoms. The lowest BCUT2D eigenvalue weighted by atomic mass is 10.1. The molecule has 0 fully saturated rings. The fraction of sp³-hybridized carbons (Fsp3) is 0.267. The van der Waals surface area contributed by atoms with Gasteiger partial charge >= 0.3 is 0 Å². The predicted octanol–water partition coefficient (Wildman–Crippen LogP) is 3.48. The first-order valence-corrected chi connectivity index (χ1v) is 7.01. The highest BCUT2D eigenvalue weighted by molar-refractivity contribution is 7.07. The Bertz CT molecular complexity index is 572. The highest BCUT2D eigenvalue weighted by Gasteiger charge is 2.07. The minimum absolute atomic E-state index is 0.305. The van der Waals surface area contributed by atoms with Gasteiger partial charge in [-0.05, 0) is 47.0 Å². The van der Waals surface area contributed by atoms with Crippen LogP contribution < -0.4 is 10.1 Å². The number of ether oxygens (including phenoxy) is 1. The maximum atomic E-state index is 9.05. The average molecular weight is 272 g/mol. The number of methoxy groups -OCH3 is 1. The van der Waals surface area contributed by atoms with Crippen molar-refractivity contribution in [2.75, 3.05) is 7.11 Å². The Balaban J connectivity index is 2.02. The molecule has 0 radical (unpaired) electrons. The van der Waals surface area contributed by atoms with Gasteiger partial charge in [0.1, 0.15) is 11.8 Å². The van der Waals surface area contributed by atoms with E-state index in [4.69, 9.17) is 10.00 Å². The molecule has 0 saturated carbocycles. The topological polar surface area (TPSA) is 45.0 Å². The van der Waals surface area contributed by atoms with Crippen molar-refractivity contribution in [3.05, 3.63) is 51.7 Å². The second kappa shape index (κ2) is 6.37. The van der Waals surface area contributed by atoms with E-state index in [1.807, 2.05) is 18.2 Å². The maximum Gasteiger partial charge on any atom is 0.136 e. The molecular formula is C15H16N2OS. The Morgan fingerprint density at radius 1 is 1.42 bits per heavy atom. The first kappa shape index (κ1) is 13.6. The second-order valence-corrected chi connectivity index (χ2v) is 5.09. The lowest BCUT2D eigenvalue weighted by molar-refractivity contribution is 0.413. The zero-order valence-corrected chi connectivity index (χ0v) is 11.8. The summed E-state index contributed by atoms with van der Waals surface area (Å²) in [6, 6.07) is 10.3. The maximum absolute atomic E-state index is 9.05. The lowest BCUT2D eigenvalue weighted by Gasteiger charge is -2.13. The highest BCUT2D eigenvalue weighted by Crippen LogP contribution is 2.20. The number of hydrogen-bond acceptors (Lipinski definition) is 4. The van der Waals surface area contributed by atoms with E-state index >= 15 is 0 Å². The molecule has 98 valence electrons. The Kier molecular flexibility index (Phi) is 4.56. The molecule has 3 nitrogen and oxygen atoms in total. The van der Waals surface area contributed by atoms with Crippen molar-refractivity contribution in [3.63, 3.8) is 0 Å². The molecule has 0 aliphatic rings. The van der Waals surface area contributed by atoms with E-state index in [-0.39, 0.29) is 0 Å².